The Labute approximate surface area is 169 Å². The monoisotopic (exact) mass is 439 g/mol. The quantitative estimate of drug-likeness (QED) is 0.471. The number of carbonyl (C=O) groups is 2. The van der Waals surface area contributed by atoms with E-state index in [-0.39, 0.29) is 17.7 Å². The smallest absolute Gasteiger partial charge is 0.293 e. The number of benzene rings is 2. The van der Waals surface area contributed by atoms with Gasteiger partial charge in [-0.2, -0.15) is 0 Å². The molecular weight excluding hydrogens is 426 g/mol. The molecule has 1 saturated heterocycles. The number of amides is 2. The van der Waals surface area contributed by atoms with Crippen LogP contribution >= 0.6 is 27.7 Å². The average molecular weight is 440 g/mol. The van der Waals surface area contributed by atoms with Crippen molar-refractivity contribution >= 4 is 44.9 Å². The molecule has 2 amide bonds. The Morgan fingerprint density at radius 3 is 2.44 bits per heavy atom. The van der Waals surface area contributed by atoms with E-state index >= 15 is 0 Å². The Bertz CT molecular complexity index is 1030. The van der Waals surface area contributed by atoms with Crippen LogP contribution in [0.25, 0.3) is 17.4 Å². The maximum Gasteiger partial charge on any atom is 0.293 e. The van der Waals surface area contributed by atoms with Crippen LogP contribution in [0.2, 0.25) is 0 Å². The van der Waals surface area contributed by atoms with Gasteiger partial charge in [-0.25, -0.2) is 0 Å². The van der Waals surface area contributed by atoms with Gasteiger partial charge in [0.15, 0.2) is 0 Å². The van der Waals surface area contributed by atoms with E-state index in [1.165, 1.54) is 4.90 Å². The van der Waals surface area contributed by atoms with E-state index in [9.17, 15) is 9.59 Å². The molecule has 0 bridgehead atoms. The van der Waals surface area contributed by atoms with Crippen molar-refractivity contribution in [1.82, 2.24) is 4.90 Å². The predicted octanol–water partition coefficient (Wildman–Crippen LogP) is 5.95. The Morgan fingerprint density at radius 1 is 0.963 bits per heavy atom. The first-order chi connectivity index (χ1) is 13.1. The summed E-state index contributed by atoms with van der Waals surface area (Å²) in [6, 6.07) is 20.9. The van der Waals surface area contributed by atoms with Crippen LogP contribution in [0.1, 0.15) is 11.3 Å². The summed E-state index contributed by atoms with van der Waals surface area (Å²) in [5.74, 6) is 0.963. The van der Waals surface area contributed by atoms with Crippen molar-refractivity contribution in [1.29, 1.82) is 0 Å². The van der Waals surface area contributed by atoms with Crippen LogP contribution in [0.4, 0.5) is 4.79 Å². The lowest BCUT2D eigenvalue weighted by Gasteiger charge is -2.12. The topological polar surface area (TPSA) is 50.5 Å². The first-order valence-electron chi connectivity index (χ1n) is 8.25. The highest BCUT2D eigenvalue weighted by Gasteiger charge is 2.35. The Balaban J connectivity index is 1.53. The second-order valence-corrected chi connectivity index (χ2v) is 7.87. The largest absolute Gasteiger partial charge is 0.457 e. The standard InChI is InChI=1S/C21H14BrNO3S/c22-16-8-6-14(7-9-16)13-23-20(24)19(27-21(23)25)12-17-10-11-18(26-17)15-4-2-1-3-5-15/h1-12H,13H2/b19-12-. The van der Waals surface area contributed by atoms with Crippen molar-refractivity contribution in [2.45, 2.75) is 6.54 Å². The SMILES string of the molecule is O=C1S/C(=C\c2ccc(-c3ccccc3)o2)C(=O)N1Cc1ccc(Br)cc1. The Kier molecular flexibility index (Phi) is 5.01. The van der Waals surface area contributed by atoms with Crippen LogP contribution in [0.5, 0.6) is 0 Å². The number of halogens is 1. The normalized spacial score (nSPS) is 15.7. The van der Waals surface area contributed by atoms with Crippen molar-refractivity contribution < 1.29 is 14.0 Å². The van der Waals surface area contributed by atoms with E-state index in [1.54, 1.807) is 12.1 Å². The maximum atomic E-state index is 12.6. The number of hydrogen-bond acceptors (Lipinski definition) is 4. The molecule has 134 valence electrons. The molecular formula is C21H14BrNO3S. The first kappa shape index (κ1) is 17.8. The third-order valence-electron chi connectivity index (χ3n) is 4.09. The van der Waals surface area contributed by atoms with Gasteiger partial charge < -0.3 is 4.42 Å². The van der Waals surface area contributed by atoms with Crippen LogP contribution in [-0.2, 0) is 11.3 Å². The van der Waals surface area contributed by atoms with Gasteiger partial charge in [-0.3, -0.25) is 14.5 Å². The molecule has 1 aliphatic heterocycles. The molecule has 4 rings (SSSR count). The molecule has 0 unspecified atom stereocenters. The van der Waals surface area contributed by atoms with Crippen LogP contribution in [-0.4, -0.2) is 16.0 Å². The van der Waals surface area contributed by atoms with Gasteiger partial charge in [-0.1, -0.05) is 58.4 Å². The number of hydrogen-bond donors (Lipinski definition) is 0. The number of furan rings is 1. The van der Waals surface area contributed by atoms with Gasteiger partial charge in [0.05, 0.1) is 11.4 Å². The van der Waals surface area contributed by atoms with Gasteiger partial charge >= 0.3 is 0 Å². The van der Waals surface area contributed by atoms with E-state index in [2.05, 4.69) is 15.9 Å². The summed E-state index contributed by atoms with van der Waals surface area (Å²) < 4.78 is 6.76. The Hall–Kier alpha value is -2.57. The molecule has 0 atom stereocenters. The molecule has 1 fully saturated rings. The molecule has 4 nitrogen and oxygen atoms in total. The third-order valence-corrected chi connectivity index (χ3v) is 5.52. The molecule has 1 aromatic heterocycles. The number of imide groups is 1. The average Bonchev–Trinajstić information content (AvgIpc) is 3.25. The summed E-state index contributed by atoms with van der Waals surface area (Å²) in [6.07, 6.45) is 1.62. The zero-order chi connectivity index (χ0) is 18.8. The van der Waals surface area contributed by atoms with Crippen LogP contribution in [0, 0.1) is 0 Å². The van der Waals surface area contributed by atoms with Gasteiger partial charge in [-0.15, -0.1) is 0 Å². The summed E-state index contributed by atoms with van der Waals surface area (Å²) in [4.78, 5) is 26.5. The molecule has 1 aliphatic rings. The minimum absolute atomic E-state index is 0.253. The lowest BCUT2D eigenvalue weighted by Crippen LogP contribution is -2.27. The fourth-order valence-corrected chi connectivity index (χ4v) is 3.81. The lowest BCUT2D eigenvalue weighted by atomic mass is 10.2. The number of carbonyl (C=O) groups excluding carboxylic acids is 2. The van der Waals surface area contributed by atoms with Crippen LogP contribution in [0.3, 0.4) is 0 Å². The van der Waals surface area contributed by atoms with Crippen LogP contribution < -0.4 is 0 Å². The van der Waals surface area contributed by atoms with Crippen LogP contribution in [0.15, 0.2) is 80.5 Å². The number of thioether (sulfide) groups is 1. The van der Waals surface area contributed by atoms with E-state index in [0.717, 1.165) is 33.1 Å². The first-order valence-corrected chi connectivity index (χ1v) is 9.86. The molecule has 0 radical (unpaired) electrons. The second-order valence-electron chi connectivity index (χ2n) is 5.96. The molecule has 2 heterocycles. The van der Waals surface area contributed by atoms with E-state index in [0.29, 0.717) is 10.7 Å². The van der Waals surface area contributed by atoms with Gasteiger partial charge in [0, 0.05) is 16.1 Å². The summed E-state index contributed by atoms with van der Waals surface area (Å²) in [5.41, 5.74) is 1.85. The third kappa shape index (κ3) is 3.91. The maximum absolute atomic E-state index is 12.6. The molecule has 6 heteroatoms. The fraction of sp³-hybridized carbons (Fsp3) is 0.0476. The molecule has 0 saturated carbocycles. The molecule has 3 aromatic rings. The highest BCUT2D eigenvalue weighted by Crippen LogP contribution is 2.34. The zero-order valence-electron chi connectivity index (χ0n) is 14.1. The molecule has 27 heavy (non-hydrogen) atoms. The van der Waals surface area contributed by atoms with Crippen molar-refractivity contribution in [2.24, 2.45) is 0 Å². The summed E-state index contributed by atoms with van der Waals surface area (Å²) >= 11 is 4.31. The van der Waals surface area contributed by atoms with E-state index in [4.69, 9.17) is 4.42 Å². The summed E-state index contributed by atoms with van der Waals surface area (Å²) in [6.45, 7) is 0.253. The molecule has 0 N–H and O–H groups in total. The Morgan fingerprint density at radius 2 is 1.70 bits per heavy atom. The van der Waals surface area contributed by atoms with Crippen molar-refractivity contribution in [3.63, 3.8) is 0 Å². The highest BCUT2D eigenvalue weighted by molar-refractivity contribution is 9.10. The number of rotatable bonds is 4. The van der Waals surface area contributed by atoms with E-state index < -0.39 is 0 Å². The van der Waals surface area contributed by atoms with Crippen molar-refractivity contribution in [3.05, 3.63) is 87.4 Å². The lowest BCUT2D eigenvalue weighted by molar-refractivity contribution is -0.123. The zero-order valence-corrected chi connectivity index (χ0v) is 16.5. The van der Waals surface area contributed by atoms with E-state index in [1.807, 2.05) is 60.7 Å². The van der Waals surface area contributed by atoms with Gasteiger partial charge in [0.1, 0.15) is 11.5 Å². The van der Waals surface area contributed by atoms with Crippen molar-refractivity contribution in [2.75, 3.05) is 0 Å². The van der Waals surface area contributed by atoms with Gasteiger partial charge in [-0.05, 0) is 41.6 Å². The summed E-state index contributed by atoms with van der Waals surface area (Å²) in [5, 5.41) is -0.274. The highest BCUT2D eigenvalue weighted by atomic mass is 79.9. The summed E-state index contributed by atoms with van der Waals surface area (Å²) in [7, 11) is 0. The van der Waals surface area contributed by atoms with Gasteiger partial charge in [0.2, 0.25) is 0 Å². The van der Waals surface area contributed by atoms with Crippen molar-refractivity contribution in [3.8, 4) is 11.3 Å². The molecule has 2 aromatic carbocycles. The second kappa shape index (κ2) is 7.58. The fourth-order valence-electron chi connectivity index (χ4n) is 2.73. The minimum Gasteiger partial charge on any atom is -0.457 e. The van der Waals surface area contributed by atoms with Gasteiger partial charge in [0.25, 0.3) is 11.1 Å². The molecule has 0 aliphatic carbocycles. The predicted molar refractivity (Wildman–Crippen MR) is 110 cm³/mol. The molecule has 0 spiro atoms. The minimum atomic E-state index is -0.300. The number of nitrogens with zero attached hydrogens (tertiary/aromatic N) is 1.